The lowest BCUT2D eigenvalue weighted by Crippen LogP contribution is -2.46. The summed E-state index contributed by atoms with van der Waals surface area (Å²) in [6.45, 7) is 1.56. The highest BCUT2D eigenvalue weighted by atomic mass is 19.4. The van der Waals surface area contributed by atoms with E-state index in [1.165, 1.54) is 19.1 Å². The van der Waals surface area contributed by atoms with Gasteiger partial charge in [-0.1, -0.05) is 30.3 Å². The summed E-state index contributed by atoms with van der Waals surface area (Å²) >= 11 is 0. The Morgan fingerprint density at radius 2 is 1.95 bits per heavy atom. The van der Waals surface area contributed by atoms with E-state index < -0.39 is 30.1 Å². The van der Waals surface area contributed by atoms with Gasteiger partial charge in [-0.3, -0.25) is 9.59 Å². The number of ether oxygens (including phenoxy) is 1. The van der Waals surface area contributed by atoms with Crippen molar-refractivity contribution in [1.29, 1.82) is 0 Å². The maximum Gasteiger partial charge on any atom is 0.489 e. The minimum atomic E-state index is -4.86. The lowest BCUT2D eigenvalue weighted by Gasteiger charge is -2.26. The molecule has 0 saturated carbocycles. The lowest BCUT2D eigenvalue weighted by atomic mass is 9.96. The molecule has 1 heterocycles. The normalized spacial score (nSPS) is 22.7. The predicted molar refractivity (Wildman–Crippen MR) is 67.2 cm³/mol. The van der Waals surface area contributed by atoms with Gasteiger partial charge in [0.1, 0.15) is 12.1 Å². The van der Waals surface area contributed by atoms with E-state index in [4.69, 9.17) is 4.74 Å². The van der Waals surface area contributed by atoms with Crippen molar-refractivity contribution in [3.8, 4) is 0 Å². The van der Waals surface area contributed by atoms with Crippen LogP contribution in [0.25, 0.3) is 0 Å². The SMILES string of the molecule is CCOC1CC(C(=O)c2ccccc2)C(=O)N1C(F)(F)F. The van der Waals surface area contributed by atoms with E-state index in [9.17, 15) is 22.8 Å². The number of likely N-dealkylation sites (tertiary alicyclic amines) is 1. The third-order valence-corrected chi connectivity index (χ3v) is 3.27. The van der Waals surface area contributed by atoms with Gasteiger partial charge in [0.15, 0.2) is 5.78 Å². The fourth-order valence-corrected chi connectivity index (χ4v) is 2.36. The quantitative estimate of drug-likeness (QED) is 0.488. The van der Waals surface area contributed by atoms with Crippen LogP contribution in [-0.2, 0) is 9.53 Å². The van der Waals surface area contributed by atoms with Crippen molar-refractivity contribution in [2.75, 3.05) is 6.61 Å². The molecule has 0 bridgehead atoms. The zero-order valence-electron chi connectivity index (χ0n) is 11.3. The molecule has 21 heavy (non-hydrogen) atoms. The predicted octanol–water partition coefficient (Wildman–Crippen LogP) is 2.60. The molecule has 2 rings (SSSR count). The smallest absolute Gasteiger partial charge is 0.358 e. The molecule has 1 fully saturated rings. The molecule has 7 heteroatoms. The monoisotopic (exact) mass is 301 g/mol. The molecule has 0 radical (unpaired) electrons. The van der Waals surface area contributed by atoms with Crippen molar-refractivity contribution in [2.45, 2.75) is 25.9 Å². The molecule has 1 saturated heterocycles. The summed E-state index contributed by atoms with van der Waals surface area (Å²) in [6.07, 6.45) is -6.59. The van der Waals surface area contributed by atoms with E-state index in [-0.39, 0.29) is 23.5 Å². The maximum atomic E-state index is 12.9. The number of carbonyl (C=O) groups excluding carboxylic acids is 2. The molecule has 1 aliphatic rings. The second-order valence-electron chi connectivity index (χ2n) is 4.60. The topological polar surface area (TPSA) is 46.6 Å². The summed E-state index contributed by atoms with van der Waals surface area (Å²) in [6, 6.07) is 7.81. The van der Waals surface area contributed by atoms with Crippen LogP contribution in [0.1, 0.15) is 23.7 Å². The highest BCUT2D eigenvalue weighted by Gasteiger charge is 2.55. The summed E-state index contributed by atoms with van der Waals surface area (Å²) in [7, 11) is 0. The lowest BCUT2D eigenvalue weighted by molar-refractivity contribution is -0.270. The van der Waals surface area contributed by atoms with Gasteiger partial charge in [0.25, 0.3) is 0 Å². The number of amides is 1. The number of halogens is 3. The van der Waals surface area contributed by atoms with Crippen molar-refractivity contribution in [1.82, 2.24) is 4.90 Å². The molecule has 0 aliphatic carbocycles. The Morgan fingerprint density at radius 3 is 2.48 bits per heavy atom. The molecule has 0 N–H and O–H groups in total. The molecular formula is C14H14F3NO3. The molecule has 1 amide bonds. The molecule has 0 spiro atoms. The van der Waals surface area contributed by atoms with E-state index in [1.54, 1.807) is 18.2 Å². The average Bonchev–Trinajstić information content (AvgIpc) is 2.76. The van der Waals surface area contributed by atoms with Crippen LogP contribution in [0, 0.1) is 5.92 Å². The first-order valence-corrected chi connectivity index (χ1v) is 6.47. The molecule has 1 aromatic carbocycles. The van der Waals surface area contributed by atoms with Crippen LogP contribution < -0.4 is 0 Å². The summed E-state index contributed by atoms with van der Waals surface area (Å²) < 4.78 is 43.8. The van der Waals surface area contributed by atoms with E-state index in [0.717, 1.165) is 0 Å². The van der Waals surface area contributed by atoms with Gasteiger partial charge in [-0.25, -0.2) is 4.90 Å². The summed E-state index contributed by atoms with van der Waals surface area (Å²) in [5, 5.41) is 0. The number of hydrogen-bond acceptors (Lipinski definition) is 3. The molecule has 0 aromatic heterocycles. The number of carbonyl (C=O) groups is 2. The van der Waals surface area contributed by atoms with Gasteiger partial charge in [-0.05, 0) is 6.92 Å². The number of rotatable bonds is 4. The highest BCUT2D eigenvalue weighted by molar-refractivity contribution is 6.11. The summed E-state index contributed by atoms with van der Waals surface area (Å²) in [4.78, 5) is 23.9. The Balaban J connectivity index is 2.27. The fourth-order valence-electron chi connectivity index (χ4n) is 2.36. The second-order valence-corrected chi connectivity index (χ2v) is 4.60. The first-order valence-electron chi connectivity index (χ1n) is 6.47. The van der Waals surface area contributed by atoms with E-state index >= 15 is 0 Å². The van der Waals surface area contributed by atoms with Gasteiger partial charge < -0.3 is 4.74 Å². The van der Waals surface area contributed by atoms with Gasteiger partial charge in [0.05, 0.1) is 0 Å². The van der Waals surface area contributed by atoms with Crippen molar-refractivity contribution in [2.24, 2.45) is 5.92 Å². The van der Waals surface area contributed by atoms with Gasteiger partial charge >= 0.3 is 6.30 Å². The Hall–Kier alpha value is -1.89. The van der Waals surface area contributed by atoms with E-state index in [1.807, 2.05) is 0 Å². The van der Waals surface area contributed by atoms with Gasteiger partial charge in [-0.2, -0.15) is 0 Å². The largest absolute Gasteiger partial charge is 0.489 e. The second kappa shape index (κ2) is 5.85. The highest BCUT2D eigenvalue weighted by Crippen LogP contribution is 2.36. The van der Waals surface area contributed by atoms with Crippen LogP contribution in [0.4, 0.5) is 13.2 Å². The zero-order valence-corrected chi connectivity index (χ0v) is 11.3. The molecule has 114 valence electrons. The Morgan fingerprint density at radius 1 is 1.33 bits per heavy atom. The van der Waals surface area contributed by atoms with Crippen LogP contribution in [0.3, 0.4) is 0 Å². The number of Topliss-reactive ketones (excluding diaryl/α,β-unsaturated/α-hetero) is 1. The molecule has 4 nitrogen and oxygen atoms in total. The molecular weight excluding hydrogens is 287 g/mol. The molecule has 1 aliphatic heterocycles. The van der Waals surface area contributed by atoms with Crippen LogP contribution >= 0.6 is 0 Å². The van der Waals surface area contributed by atoms with E-state index in [0.29, 0.717) is 0 Å². The minimum absolute atomic E-state index is 0.0246. The molecule has 2 unspecified atom stereocenters. The third-order valence-electron chi connectivity index (χ3n) is 3.27. The maximum absolute atomic E-state index is 12.9. The van der Waals surface area contributed by atoms with Gasteiger partial charge in [0, 0.05) is 18.6 Å². The van der Waals surface area contributed by atoms with Crippen molar-refractivity contribution in [3.63, 3.8) is 0 Å². The summed E-state index contributed by atoms with van der Waals surface area (Å²) in [5.41, 5.74) is 0.218. The number of alkyl halides is 3. The Bertz CT molecular complexity index is 530. The first-order chi connectivity index (χ1) is 9.86. The molecule has 2 atom stereocenters. The third kappa shape index (κ3) is 3.07. The van der Waals surface area contributed by atoms with Gasteiger partial charge in [-0.15, -0.1) is 13.2 Å². The van der Waals surface area contributed by atoms with Crippen molar-refractivity contribution in [3.05, 3.63) is 35.9 Å². The van der Waals surface area contributed by atoms with Crippen LogP contribution in [-0.4, -0.2) is 35.7 Å². The van der Waals surface area contributed by atoms with Crippen molar-refractivity contribution >= 4 is 11.7 Å². The fraction of sp³-hybridized carbons (Fsp3) is 0.429. The Labute approximate surface area is 119 Å². The van der Waals surface area contributed by atoms with Crippen LogP contribution in [0.5, 0.6) is 0 Å². The average molecular weight is 301 g/mol. The van der Waals surface area contributed by atoms with Gasteiger partial charge in [0.2, 0.25) is 5.91 Å². The molecule has 1 aromatic rings. The Kier molecular flexibility index (Phi) is 4.32. The summed E-state index contributed by atoms with van der Waals surface area (Å²) in [5.74, 6) is -3.22. The number of nitrogens with zero attached hydrogens (tertiary/aromatic N) is 1. The zero-order chi connectivity index (χ0) is 15.6. The number of benzene rings is 1. The standard InChI is InChI=1S/C14H14F3NO3/c1-2-21-11-8-10(13(20)18(11)14(15,16)17)12(19)9-6-4-3-5-7-9/h3-7,10-11H,2,8H2,1H3. The van der Waals surface area contributed by atoms with E-state index in [2.05, 4.69) is 0 Å². The van der Waals surface area contributed by atoms with Crippen LogP contribution in [0.15, 0.2) is 30.3 Å². The van der Waals surface area contributed by atoms with Crippen LogP contribution in [0.2, 0.25) is 0 Å². The minimum Gasteiger partial charge on any atom is -0.358 e. The first kappa shape index (κ1) is 15.5. The number of ketones is 1. The number of hydrogen-bond donors (Lipinski definition) is 0. The van der Waals surface area contributed by atoms with Crippen molar-refractivity contribution < 1.29 is 27.5 Å².